The van der Waals surface area contributed by atoms with Crippen LogP contribution in [0.15, 0.2) is 72.9 Å². The van der Waals surface area contributed by atoms with E-state index in [4.69, 9.17) is 4.74 Å². The molecule has 18 heteroatoms. The molecule has 0 aliphatic carbocycles. The molecule has 3 fully saturated rings. The van der Waals surface area contributed by atoms with E-state index in [-0.39, 0.29) is 56.5 Å². The van der Waals surface area contributed by atoms with Crippen molar-refractivity contribution in [1.29, 1.82) is 0 Å². The number of hydrogen-bond donors (Lipinski definition) is 4. The number of amides is 6. The Balaban J connectivity index is 1.44. The number of pyridine rings is 1. The predicted octanol–water partition coefficient (Wildman–Crippen LogP) is 1.27. The van der Waals surface area contributed by atoms with Gasteiger partial charge in [0.25, 0.3) is 5.91 Å². The molecule has 4 heterocycles. The fourth-order valence-corrected chi connectivity index (χ4v) is 8.20. The Hall–Kier alpha value is -6.85. The Morgan fingerprint density at radius 2 is 1.57 bits per heavy atom. The van der Waals surface area contributed by atoms with Gasteiger partial charge in [0.1, 0.15) is 47.8 Å². The zero-order chi connectivity index (χ0) is 45.5. The molecule has 1 aromatic heterocycles. The van der Waals surface area contributed by atoms with Crippen molar-refractivity contribution >= 4 is 52.9 Å². The van der Waals surface area contributed by atoms with Gasteiger partial charge >= 0.3 is 5.97 Å². The summed E-state index contributed by atoms with van der Waals surface area (Å²) in [7, 11) is 5.25. The fraction of sp³-hybridized carbons (Fsp3) is 0.444. The largest absolute Gasteiger partial charge is 0.505 e. The van der Waals surface area contributed by atoms with Crippen LogP contribution in [0.5, 0.6) is 5.75 Å². The second kappa shape index (κ2) is 19.9. The zero-order valence-electron chi connectivity index (χ0n) is 36.0. The lowest BCUT2D eigenvalue weighted by Crippen LogP contribution is -2.61. The Morgan fingerprint density at radius 1 is 0.873 bits per heavy atom. The number of likely N-dealkylation sites (N-methyl/N-ethyl adjacent to an activating group) is 1. The number of aromatic hydroxyl groups is 1. The second-order valence-corrected chi connectivity index (χ2v) is 16.2. The Kier molecular flexibility index (Phi) is 14.4. The monoisotopic (exact) mass is 866 g/mol. The number of benzene rings is 2. The number of anilines is 1. The lowest BCUT2D eigenvalue weighted by molar-refractivity contribution is -0.156. The van der Waals surface area contributed by atoms with E-state index in [0.717, 1.165) is 5.69 Å². The van der Waals surface area contributed by atoms with Crippen LogP contribution < -0.4 is 20.9 Å². The van der Waals surface area contributed by atoms with Crippen LogP contribution in [0, 0.1) is 0 Å². The smallest absolute Gasteiger partial charge is 0.333 e. The van der Waals surface area contributed by atoms with Crippen LogP contribution in [-0.2, 0) is 44.7 Å². The van der Waals surface area contributed by atoms with Gasteiger partial charge in [-0.3, -0.25) is 33.6 Å². The molecule has 0 bridgehead atoms. The predicted molar refractivity (Wildman–Crippen MR) is 228 cm³/mol. The molecular formula is C45H54N8O10. The maximum absolute atomic E-state index is 15.0. The molecule has 3 saturated heterocycles. The maximum Gasteiger partial charge on any atom is 0.333 e. The molecule has 0 unspecified atom stereocenters. The van der Waals surface area contributed by atoms with Gasteiger partial charge in [-0.25, -0.2) is 9.78 Å². The van der Waals surface area contributed by atoms with Crippen molar-refractivity contribution in [3.05, 3.63) is 89.7 Å². The van der Waals surface area contributed by atoms with Crippen LogP contribution in [0.4, 0.5) is 5.69 Å². The highest BCUT2D eigenvalue weighted by atomic mass is 16.5. The first-order valence-corrected chi connectivity index (χ1v) is 21.1. The average molecular weight is 867 g/mol. The van der Waals surface area contributed by atoms with Crippen molar-refractivity contribution in [3.8, 4) is 5.75 Å². The van der Waals surface area contributed by atoms with E-state index in [1.165, 1.54) is 47.0 Å². The summed E-state index contributed by atoms with van der Waals surface area (Å²) in [6.07, 6.45) is 0.175. The molecule has 6 rings (SSSR count). The third-order valence-corrected chi connectivity index (χ3v) is 11.8. The number of cyclic esters (lactones) is 1. The van der Waals surface area contributed by atoms with Crippen LogP contribution in [0.25, 0.3) is 0 Å². The number of ether oxygens (including phenoxy) is 1. The highest BCUT2D eigenvalue weighted by molar-refractivity contribution is 6.01. The number of ketones is 1. The molecule has 3 aromatic rings. The number of carbonyl (C=O) groups is 8. The molecule has 334 valence electrons. The van der Waals surface area contributed by atoms with Gasteiger partial charge in [-0.15, -0.1) is 0 Å². The molecule has 0 saturated carbocycles. The minimum atomic E-state index is -1.68. The molecule has 18 nitrogen and oxygen atoms in total. The molecule has 2 aromatic carbocycles. The SMILES string of the molecule is CC[C@@H]1NC(=O)[C@@H](NC(=O)c2ncccc2O)[C@H](C)OC(=O)[C@@H](c2ccccc2)NC(=O)[C@@H]2CC(=O)CCN2C(=O)[C@H](Cc2ccc(N(C)C)cc2)N(C)C(=O)[C@@H]2CCCN2C1=O. The number of hydrogen-bond acceptors (Lipinski definition) is 12. The standard InChI is InChI=1S/C45H54N8O10/c1-6-31-42(59)52-22-11-14-32(52)43(60)51(5)34(24-27-16-18-29(19-17-27)50(3)4)44(61)53-23-20-30(54)25-33(53)39(56)49-37(28-12-8-7-9-13-28)45(62)63-26(2)36(40(57)47-31)48-41(58)38-35(55)15-10-21-46-38/h7-10,12-13,15-19,21,26,31-34,36-37,55H,6,11,14,20,22-25H2,1-5H3,(H,47,57)(H,48,58)(H,49,56)/t26-,31-,32-,33-,34-,36-,37+/m0/s1. The number of nitrogens with zero attached hydrogens (tertiary/aromatic N) is 5. The van der Waals surface area contributed by atoms with E-state index in [9.17, 15) is 43.5 Å². The number of esters is 1. The lowest BCUT2D eigenvalue weighted by Gasteiger charge is -2.40. The second-order valence-electron chi connectivity index (χ2n) is 16.2. The van der Waals surface area contributed by atoms with E-state index in [2.05, 4.69) is 20.9 Å². The van der Waals surface area contributed by atoms with Crippen molar-refractivity contribution in [3.63, 3.8) is 0 Å². The number of rotatable bonds is 7. The fourth-order valence-electron chi connectivity index (χ4n) is 8.20. The molecule has 6 amide bonds. The van der Waals surface area contributed by atoms with Crippen molar-refractivity contribution in [2.45, 2.75) is 94.7 Å². The third-order valence-electron chi connectivity index (χ3n) is 11.8. The van der Waals surface area contributed by atoms with Gasteiger partial charge in [0.15, 0.2) is 11.7 Å². The Bertz CT molecular complexity index is 2220. The molecule has 63 heavy (non-hydrogen) atoms. The van der Waals surface area contributed by atoms with Gasteiger partial charge in [-0.05, 0) is 61.6 Å². The number of Topliss-reactive ketones (excluding diaryl/α,β-unsaturated/α-hetero) is 1. The van der Waals surface area contributed by atoms with Gasteiger partial charge < -0.3 is 45.4 Å². The molecule has 0 radical (unpaired) electrons. The normalized spacial score (nSPS) is 25.4. The highest BCUT2D eigenvalue weighted by Gasteiger charge is 2.45. The summed E-state index contributed by atoms with van der Waals surface area (Å²) in [6, 6.07) is 10.1. The topological polar surface area (TPSA) is 228 Å². The first-order valence-electron chi connectivity index (χ1n) is 21.1. The first kappa shape index (κ1) is 45.7. The Labute approximate surface area is 365 Å². The number of piperidine rings is 1. The summed E-state index contributed by atoms with van der Waals surface area (Å²) in [5, 5.41) is 18.2. The minimum absolute atomic E-state index is 0.0299. The summed E-state index contributed by atoms with van der Waals surface area (Å²) in [4.78, 5) is 123. The van der Waals surface area contributed by atoms with Crippen molar-refractivity contribution in [2.75, 3.05) is 39.1 Å². The van der Waals surface area contributed by atoms with Crippen LogP contribution in [0.3, 0.4) is 0 Å². The molecule has 7 atom stereocenters. The average Bonchev–Trinajstić information content (AvgIpc) is 3.77. The summed E-state index contributed by atoms with van der Waals surface area (Å²) in [5.41, 5.74) is 1.45. The lowest BCUT2D eigenvalue weighted by atomic mass is 9.95. The van der Waals surface area contributed by atoms with E-state index in [0.29, 0.717) is 12.0 Å². The van der Waals surface area contributed by atoms with Crippen LogP contribution in [0.2, 0.25) is 0 Å². The number of fused-ring (bicyclic) bond motifs is 2. The van der Waals surface area contributed by atoms with Crippen molar-refractivity contribution in [1.82, 2.24) is 35.6 Å². The third kappa shape index (κ3) is 10.3. The van der Waals surface area contributed by atoms with Crippen LogP contribution in [0.1, 0.15) is 73.6 Å². The Morgan fingerprint density at radius 3 is 2.24 bits per heavy atom. The van der Waals surface area contributed by atoms with Gasteiger partial charge in [-0.2, -0.15) is 0 Å². The summed E-state index contributed by atoms with van der Waals surface area (Å²) in [5.74, 6) is -6.33. The van der Waals surface area contributed by atoms with E-state index in [1.54, 1.807) is 37.3 Å². The zero-order valence-corrected chi connectivity index (χ0v) is 36.0. The van der Waals surface area contributed by atoms with E-state index in [1.807, 2.05) is 43.3 Å². The molecule has 4 N–H and O–H groups in total. The molecule has 3 aliphatic heterocycles. The van der Waals surface area contributed by atoms with E-state index >= 15 is 0 Å². The van der Waals surface area contributed by atoms with Crippen LogP contribution >= 0.6 is 0 Å². The van der Waals surface area contributed by atoms with Crippen LogP contribution in [-0.4, -0.2) is 143 Å². The number of nitrogens with one attached hydrogen (secondary N) is 3. The van der Waals surface area contributed by atoms with E-state index < -0.39 is 95.2 Å². The van der Waals surface area contributed by atoms with Gasteiger partial charge in [0.05, 0.1) is 0 Å². The summed E-state index contributed by atoms with van der Waals surface area (Å²) >= 11 is 0. The summed E-state index contributed by atoms with van der Waals surface area (Å²) < 4.78 is 5.85. The molecular weight excluding hydrogens is 813 g/mol. The van der Waals surface area contributed by atoms with Crippen molar-refractivity contribution in [2.24, 2.45) is 0 Å². The summed E-state index contributed by atoms with van der Waals surface area (Å²) in [6.45, 7) is 3.02. The molecule has 3 aliphatic rings. The maximum atomic E-state index is 15.0. The quantitative estimate of drug-likeness (QED) is 0.247. The van der Waals surface area contributed by atoms with Crippen molar-refractivity contribution < 1.29 is 48.2 Å². The minimum Gasteiger partial charge on any atom is -0.505 e. The van der Waals surface area contributed by atoms with Gasteiger partial charge in [0.2, 0.25) is 29.5 Å². The number of carbonyl (C=O) groups excluding carboxylic acids is 8. The van der Waals surface area contributed by atoms with Gasteiger partial charge in [-0.1, -0.05) is 49.4 Å². The number of aromatic nitrogens is 1. The molecule has 0 spiro atoms. The highest BCUT2D eigenvalue weighted by Crippen LogP contribution is 2.27. The first-order chi connectivity index (χ1) is 30.1. The van der Waals surface area contributed by atoms with Gasteiger partial charge in [0, 0.05) is 65.4 Å².